The minimum Gasteiger partial charge on any atom is -0.341 e. The van der Waals surface area contributed by atoms with Crippen LogP contribution >= 0.6 is 0 Å². The lowest BCUT2D eigenvalue weighted by Crippen LogP contribution is -2.37. The number of sulfonamides is 1. The molecular weight excluding hydrogens is 360 g/mol. The van der Waals surface area contributed by atoms with Crippen LogP contribution in [0.1, 0.15) is 62.2 Å². The monoisotopic (exact) mass is 392 g/mol. The lowest BCUT2D eigenvalue weighted by Gasteiger charge is -2.29. The SMILES string of the molecule is CC1CCN(S(=O)(=O)c2ccc(C(=O)N(C)CC3CCCCC3)cc2)CC1. The zero-order valence-corrected chi connectivity index (χ0v) is 17.4. The van der Waals surface area contributed by atoms with Gasteiger partial charge in [-0.05, 0) is 61.8 Å². The second kappa shape index (κ2) is 8.74. The largest absolute Gasteiger partial charge is 0.341 e. The maximum absolute atomic E-state index is 12.8. The minimum atomic E-state index is -3.46. The van der Waals surface area contributed by atoms with E-state index in [1.807, 2.05) is 7.05 Å². The molecule has 6 heteroatoms. The van der Waals surface area contributed by atoms with Crippen molar-refractivity contribution in [1.82, 2.24) is 9.21 Å². The van der Waals surface area contributed by atoms with Gasteiger partial charge in [0.05, 0.1) is 4.90 Å². The number of hydrogen-bond donors (Lipinski definition) is 0. The van der Waals surface area contributed by atoms with Crippen LogP contribution in [-0.4, -0.2) is 50.2 Å². The second-order valence-electron chi connectivity index (χ2n) is 8.30. The molecule has 0 spiro atoms. The van der Waals surface area contributed by atoms with Crippen LogP contribution in [0.3, 0.4) is 0 Å². The van der Waals surface area contributed by atoms with Crippen molar-refractivity contribution in [3.8, 4) is 0 Å². The van der Waals surface area contributed by atoms with Crippen LogP contribution in [0.4, 0.5) is 0 Å². The topological polar surface area (TPSA) is 57.7 Å². The van der Waals surface area contributed by atoms with E-state index in [0.717, 1.165) is 19.4 Å². The third-order valence-corrected chi connectivity index (χ3v) is 8.00. The van der Waals surface area contributed by atoms with E-state index < -0.39 is 10.0 Å². The van der Waals surface area contributed by atoms with E-state index in [1.165, 1.54) is 32.1 Å². The van der Waals surface area contributed by atoms with Gasteiger partial charge in [-0.2, -0.15) is 4.31 Å². The molecule has 0 unspecified atom stereocenters. The molecule has 3 rings (SSSR count). The fourth-order valence-electron chi connectivity index (χ4n) is 4.20. The molecule has 1 heterocycles. The van der Waals surface area contributed by atoms with Crippen molar-refractivity contribution in [2.75, 3.05) is 26.7 Å². The van der Waals surface area contributed by atoms with E-state index in [2.05, 4.69) is 6.92 Å². The highest BCUT2D eigenvalue weighted by Gasteiger charge is 2.28. The Morgan fingerprint density at radius 1 is 1.04 bits per heavy atom. The molecule has 0 aromatic heterocycles. The first kappa shape index (κ1) is 20.3. The van der Waals surface area contributed by atoms with Gasteiger partial charge in [0.2, 0.25) is 10.0 Å². The standard InChI is InChI=1S/C21H32N2O3S/c1-17-12-14-23(15-13-17)27(25,26)20-10-8-19(9-11-20)21(24)22(2)16-18-6-4-3-5-7-18/h8-11,17-18H,3-7,12-16H2,1-2H3. The summed E-state index contributed by atoms with van der Waals surface area (Å²) in [5.74, 6) is 1.14. The van der Waals surface area contributed by atoms with E-state index in [4.69, 9.17) is 0 Å². The van der Waals surface area contributed by atoms with Crippen LogP contribution in [-0.2, 0) is 10.0 Å². The number of benzene rings is 1. The number of amides is 1. The maximum atomic E-state index is 12.8. The van der Waals surface area contributed by atoms with Crippen molar-refractivity contribution in [1.29, 1.82) is 0 Å². The van der Waals surface area contributed by atoms with Crippen LogP contribution in [0.15, 0.2) is 29.2 Å². The molecule has 0 N–H and O–H groups in total. The average molecular weight is 393 g/mol. The van der Waals surface area contributed by atoms with Crippen LogP contribution in [0.25, 0.3) is 0 Å². The van der Waals surface area contributed by atoms with Gasteiger partial charge in [-0.3, -0.25) is 4.79 Å². The van der Waals surface area contributed by atoms with Crippen LogP contribution < -0.4 is 0 Å². The van der Waals surface area contributed by atoms with Crippen molar-refractivity contribution >= 4 is 15.9 Å². The summed E-state index contributed by atoms with van der Waals surface area (Å²) in [5, 5.41) is 0. The molecule has 150 valence electrons. The van der Waals surface area contributed by atoms with Gasteiger partial charge < -0.3 is 4.90 Å². The molecule has 1 amide bonds. The Hall–Kier alpha value is -1.40. The normalized spacial score (nSPS) is 20.5. The van der Waals surface area contributed by atoms with Crippen molar-refractivity contribution in [2.45, 2.75) is 56.8 Å². The molecule has 1 aromatic rings. The highest BCUT2D eigenvalue weighted by atomic mass is 32.2. The molecule has 1 aliphatic heterocycles. The Morgan fingerprint density at radius 3 is 2.22 bits per heavy atom. The lowest BCUT2D eigenvalue weighted by atomic mass is 9.89. The summed E-state index contributed by atoms with van der Waals surface area (Å²) in [6, 6.07) is 6.46. The molecule has 1 saturated carbocycles. The first-order valence-electron chi connectivity index (χ1n) is 10.2. The summed E-state index contributed by atoms with van der Waals surface area (Å²) < 4.78 is 27.2. The summed E-state index contributed by atoms with van der Waals surface area (Å²) in [5.41, 5.74) is 0.555. The van der Waals surface area contributed by atoms with Gasteiger partial charge in [-0.15, -0.1) is 0 Å². The first-order chi connectivity index (χ1) is 12.9. The molecule has 27 heavy (non-hydrogen) atoms. The third kappa shape index (κ3) is 4.91. The van der Waals surface area contributed by atoms with Crippen LogP contribution in [0, 0.1) is 11.8 Å². The van der Waals surface area contributed by atoms with E-state index in [0.29, 0.717) is 30.5 Å². The maximum Gasteiger partial charge on any atom is 0.253 e. The molecule has 1 saturated heterocycles. The quantitative estimate of drug-likeness (QED) is 0.767. The average Bonchev–Trinajstić information content (AvgIpc) is 2.68. The van der Waals surface area contributed by atoms with Crippen molar-refractivity contribution < 1.29 is 13.2 Å². The molecule has 1 aromatic carbocycles. The molecular formula is C21H32N2O3S. The van der Waals surface area contributed by atoms with Gasteiger partial charge in [0.25, 0.3) is 5.91 Å². The number of hydrogen-bond acceptors (Lipinski definition) is 3. The van der Waals surface area contributed by atoms with E-state index >= 15 is 0 Å². The number of rotatable bonds is 5. The van der Waals surface area contributed by atoms with Gasteiger partial charge in [-0.25, -0.2) is 8.42 Å². The predicted octanol–water partition coefficient (Wildman–Crippen LogP) is 3.76. The number of piperidine rings is 1. The summed E-state index contributed by atoms with van der Waals surface area (Å²) in [6.07, 6.45) is 8.03. The Kier molecular flexibility index (Phi) is 6.58. The molecule has 0 bridgehead atoms. The number of carbonyl (C=O) groups excluding carboxylic acids is 1. The Bertz CT molecular complexity index is 731. The molecule has 5 nitrogen and oxygen atoms in total. The van der Waals surface area contributed by atoms with Crippen molar-refractivity contribution in [3.05, 3.63) is 29.8 Å². The molecule has 2 aliphatic rings. The van der Waals surface area contributed by atoms with E-state index in [-0.39, 0.29) is 10.8 Å². The van der Waals surface area contributed by atoms with Crippen molar-refractivity contribution in [2.24, 2.45) is 11.8 Å². The highest BCUT2D eigenvalue weighted by Crippen LogP contribution is 2.26. The Morgan fingerprint density at radius 2 is 1.63 bits per heavy atom. The van der Waals surface area contributed by atoms with E-state index in [1.54, 1.807) is 33.5 Å². The predicted molar refractivity (Wildman–Crippen MR) is 107 cm³/mol. The van der Waals surface area contributed by atoms with Crippen molar-refractivity contribution in [3.63, 3.8) is 0 Å². The van der Waals surface area contributed by atoms with Gasteiger partial charge in [0.1, 0.15) is 0 Å². The van der Waals surface area contributed by atoms with Crippen LogP contribution in [0.5, 0.6) is 0 Å². The number of nitrogens with zero attached hydrogens (tertiary/aromatic N) is 2. The minimum absolute atomic E-state index is 0.0312. The fourth-order valence-corrected chi connectivity index (χ4v) is 5.67. The second-order valence-corrected chi connectivity index (χ2v) is 10.2. The van der Waals surface area contributed by atoms with Gasteiger partial charge in [-0.1, -0.05) is 26.2 Å². The lowest BCUT2D eigenvalue weighted by molar-refractivity contribution is 0.0760. The van der Waals surface area contributed by atoms with E-state index in [9.17, 15) is 13.2 Å². The zero-order valence-electron chi connectivity index (χ0n) is 16.6. The Labute approximate surface area is 163 Å². The summed E-state index contributed by atoms with van der Waals surface area (Å²) in [7, 11) is -1.62. The Balaban J connectivity index is 1.64. The third-order valence-electron chi connectivity index (χ3n) is 6.09. The van der Waals surface area contributed by atoms with Gasteiger partial charge in [0, 0.05) is 32.2 Å². The molecule has 0 atom stereocenters. The molecule has 2 fully saturated rings. The zero-order chi connectivity index (χ0) is 19.4. The first-order valence-corrected chi connectivity index (χ1v) is 11.7. The highest BCUT2D eigenvalue weighted by molar-refractivity contribution is 7.89. The summed E-state index contributed by atoms with van der Waals surface area (Å²) >= 11 is 0. The fraction of sp³-hybridized carbons (Fsp3) is 0.667. The van der Waals surface area contributed by atoms with Gasteiger partial charge in [0.15, 0.2) is 0 Å². The van der Waals surface area contributed by atoms with Gasteiger partial charge >= 0.3 is 0 Å². The summed E-state index contributed by atoms with van der Waals surface area (Å²) in [4.78, 5) is 14.7. The van der Waals surface area contributed by atoms with Crippen LogP contribution in [0.2, 0.25) is 0 Å². The smallest absolute Gasteiger partial charge is 0.253 e. The molecule has 0 radical (unpaired) electrons. The number of carbonyl (C=O) groups is 1. The summed E-state index contributed by atoms with van der Waals surface area (Å²) in [6.45, 7) is 4.10. The molecule has 1 aliphatic carbocycles.